The largest absolute Gasteiger partial charge is 0.457 e. The number of hydrogen-bond acceptors (Lipinski definition) is 3. The summed E-state index contributed by atoms with van der Waals surface area (Å²) < 4.78 is 6.10. The van der Waals surface area contributed by atoms with E-state index in [0.717, 1.165) is 23.7 Å². The Hall–Kier alpha value is -2.03. The van der Waals surface area contributed by atoms with Gasteiger partial charge in [-0.25, -0.2) is 4.98 Å². The molecule has 0 saturated heterocycles. The molecule has 0 atom stereocenters. The fraction of sp³-hybridized carbons (Fsp3) is 0.389. The van der Waals surface area contributed by atoms with Crippen LogP contribution < -0.4 is 10.1 Å². The summed E-state index contributed by atoms with van der Waals surface area (Å²) in [5, 5.41) is 3.03. The van der Waals surface area contributed by atoms with Crippen molar-refractivity contribution in [3.05, 3.63) is 47.7 Å². The lowest BCUT2D eigenvalue weighted by Crippen LogP contribution is -2.13. The summed E-state index contributed by atoms with van der Waals surface area (Å²) in [7, 11) is 1.85. The molecule has 0 spiro atoms. The van der Waals surface area contributed by atoms with Gasteiger partial charge in [0.15, 0.2) is 0 Å². The Balaban J connectivity index is 2.39. The van der Waals surface area contributed by atoms with E-state index in [1.165, 1.54) is 11.1 Å². The number of aromatic nitrogens is 1. The molecule has 0 aliphatic rings. The van der Waals surface area contributed by atoms with Gasteiger partial charge in [-0.3, -0.25) is 0 Å². The van der Waals surface area contributed by atoms with Crippen molar-refractivity contribution in [1.29, 1.82) is 0 Å². The lowest BCUT2D eigenvalue weighted by atomic mass is 9.85. The molecule has 0 saturated carbocycles. The highest BCUT2D eigenvalue weighted by atomic mass is 16.5. The van der Waals surface area contributed by atoms with E-state index in [-0.39, 0.29) is 5.41 Å². The van der Waals surface area contributed by atoms with Crippen molar-refractivity contribution in [3.8, 4) is 11.5 Å². The van der Waals surface area contributed by atoms with Gasteiger partial charge in [-0.1, -0.05) is 39.8 Å². The number of benzene rings is 1. The highest BCUT2D eigenvalue weighted by Crippen LogP contribution is 2.35. The Morgan fingerprint density at radius 2 is 1.90 bits per heavy atom. The summed E-state index contributed by atoms with van der Waals surface area (Å²) in [4.78, 5) is 4.21. The molecule has 2 aromatic rings. The van der Waals surface area contributed by atoms with Crippen LogP contribution in [0, 0.1) is 0 Å². The number of nitrogens with one attached hydrogen (secondary N) is 1. The van der Waals surface area contributed by atoms with E-state index >= 15 is 0 Å². The second kappa shape index (κ2) is 6.17. The highest BCUT2D eigenvalue weighted by molar-refractivity contribution is 5.46. The van der Waals surface area contributed by atoms with E-state index in [2.05, 4.69) is 56.2 Å². The first-order valence-electron chi connectivity index (χ1n) is 7.39. The second-order valence-electron chi connectivity index (χ2n) is 6.16. The van der Waals surface area contributed by atoms with E-state index in [9.17, 15) is 0 Å². The maximum atomic E-state index is 6.10. The summed E-state index contributed by atoms with van der Waals surface area (Å²) in [5.41, 5.74) is 2.60. The molecule has 0 aliphatic heterocycles. The standard InChI is InChI=1S/C18H24N2O/c1-6-13-7-8-16(15(11-13)18(2,3)4)21-14-9-10-20-17(12-14)19-5/h7-12H,6H2,1-5H3,(H,19,20). The molecule has 112 valence electrons. The third-order valence-electron chi connectivity index (χ3n) is 3.48. The molecule has 1 N–H and O–H groups in total. The molecule has 0 amide bonds. The van der Waals surface area contributed by atoms with Crippen LogP contribution in [0.2, 0.25) is 0 Å². The smallest absolute Gasteiger partial charge is 0.132 e. The van der Waals surface area contributed by atoms with Crippen LogP contribution >= 0.6 is 0 Å². The number of rotatable bonds is 4. The van der Waals surface area contributed by atoms with Crippen molar-refractivity contribution in [2.45, 2.75) is 39.5 Å². The molecular formula is C18H24N2O. The number of ether oxygens (including phenoxy) is 1. The number of anilines is 1. The molecule has 1 heterocycles. The lowest BCUT2D eigenvalue weighted by molar-refractivity contribution is 0.454. The van der Waals surface area contributed by atoms with E-state index in [1.54, 1.807) is 6.20 Å². The number of hydrogen-bond donors (Lipinski definition) is 1. The molecule has 0 radical (unpaired) electrons. The average molecular weight is 284 g/mol. The minimum absolute atomic E-state index is 0.0411. The van der Waals surface area contributed by atoms with Crippen molar-refractivity contribution >= 4 is 5.82 Å². The van der Waals surface area contributed by atoms with Crippen LogP contribution in [0.25, 0.3) is 0 Å². The van der Waals surface area contributed by atoms with E-state index < -0.39 is 0 Å². The van der Waals surface area contributed by atoms with Gasteiger partial charge in [-0.05, 0) is 29.5 Å². The molecule has 0 aliphatic carbocycles. The van der Waals surface area contributed by atoms with E-state index in [1.807, 2.05) is 19.2 Å². The molecule has 1 aromatic carbocycles. The average Bonchev–Trinajstić information content (AvgIpc) is 2.46. The SMILES string of the molecule is CCc1ccc(Oc2ccnc(NC)c2)c(C(C)(C)C)c1. The maximum absolute atomic E-state index is 6.10. The quantitative estimate of drug-likeness (QED) is 0.877. The predicted molar refractivity (Wildman–Crippen MR) is 88.4 cm³/mol. The Labute approximate surface area is 127 Å². The van der Waals surface area contributed by atoms with Gasteiger partial charge in [-0.15, -0.1) is 0 Å². The third-order valence-corrected chi connectivity index (χ3v) is 3.48. The zero-order valence-corrected chi connectivity index (χ0v) is 13.5. The van der Waals surface area contributed by atoms with Crippen molar-refractivity contribution in [2.24, 2.45) is 0 Å². The first kappa shape index (κ1) is 15.4. The van der Waals surface area contributed by atoms with Gasteiger partial charge in [0.1, 0.15) is 17.3 Å². The zero-order chi connectivity index (χ0) is 15.5. The maximum Gasteiger partial charge on any atom is 0.132 e. The summed E-state index contributed by atoms with van der Waals surface area (Å²) in [5.74, 6) is 2.51. The lowest BCUT2D eigenvalue weighted by Gasteiger charge is -2.23. The van der Waals surface area contributed by atoms with Gasteiger partial charge in [0, 0.05) is 24.9 Å². The van der Waals surface area contributed by atoms with Gasteiger partial charge in [-0.2, -0.15) is 0 Å². The topological polar surface area (TPSA) is 34.1 Å². The number of aryl methyl sites for hydroxylation is 1. The van der Waals surface area contributed by atoms with Crippen molar-refractivity contribution in [3.63, 3.8) is 0 Å². The van der Waals surface area contributed by atoms with Gasteiger partial charge in [0.05, 0.1) is 0 Å². The fourth-order valence-corrected chi connectivity index (χ4v) is 2.21. The van der Waals surface area contributed by atoms with Crippen LogP contribution in [-0.4, -0.2) is 12.0 Å². The van der Waals surface area contributed by atoms with Crippen LogP contribution in [0.5, 0.6) is 11.5 Å². The molecule has 3 nitrogen and oxygen atoms in total. The second-order valence-corrected chi connectivity index (χ2v) is 6.16. The molecule has 3 heteroatoms. The van der Waals surface area contributed by atoms with Gasteiger partial charge >= 0.3 is 0 Å². The first-order chi connectivity index (χ1) is 9.94. The Kier molecular flexibility index (Phi) is 4.51. The monoisotopic (exact) mass is 284 g/mol. The minimum atomic E-state index is 0.0411. The molecule has 1 aromatic heterocycles. The van der Waals surface area contributed by atoms with Gasteiger partial charge < -0.3 is 10.1 Å². The van der Waals surface area contributed by atoms with E-state index in [0.29, 0.717) is 0 Å². The number of pyridine rings is 1. The van der Waals surface area contributed by atoms with Crippen LogP contribution in [0.15, 0.2) is 36.5 Å². The normalized spacial score (nSPS) is 11.3. The van der Waals surface area contributed by atoms with Crippen LogP contribution in [-0.2, 0) is 11.8 Å². The molecule has 0 fully saturated rings. The van der Waals surface area contributed by atoms with Crippen LogP contribution in [0.4, 0.5) is 5.82 Å². The van der Waals surface area contributed by atoms with Crippen molar-refractivity contribution in [2.75, 3.05) is 12.4 Å². The van der Waals surface area contributed by atoms with Crippen molar-refractivity contribution in [1.82, 2.24) is 4.98 Å². The fourth-order valence-electron chi connectivity index (χ4n) is 2.21. The highest BCUT2D eigenvalue weighted by Gasteiger charge is 2.20. The number of nitrogens with zero attached hydrogens (tertiary/aromatic N) is 1. The summed E-state index contributed by atoms with van der Waals surface area (Å²) in [6, 6.07) is 10.2. The zero-order valence-electron chi connectivity index (χ0n) is 13.5. The Bertz CT molecular complexity index is 615. The van der Waals surface area contributed by atoms with Gasteiger partial charge in [0.2, 0.25) is 0 Å². The summed E-state index contributed by atoms with van der Waals surface area (Å²) in [6.07, 6.45) is 2.78. The Morgan fingerprint density at radius 1 is 1.14 bits per heavy atom. The van der Waals surface area contributed by atoms with E-state index in [4.69, 9.17) is 4.74 Å². The summed E-state index contributed by atoms with van der Waals surface area (Å²) in [6.45, 7) is 8.80. The summed E-state index contributed by atoms with van der Waals surface area (Å²) >= 11 is 0. The predicted octanol–water partition coefficient (Wildman–Crippen LogP) is 4.78. The first-order valence-corrected chi connectivity index (χ1v) is 7.39. The molecule has 2 rings (SSSR count). The minimum Gasteiger partial charge on any atom is -0.457 e. The van der Waals surface area contributed by atoms with Crippen LogP contribution in [0.3, 0.4) is 0 Å². The molecule has 21 heavy (non-hydrogen) atoms. The molecule has 0 unspecified atom stereocenters. The van der Waals surface area contributed by atoms with Crippen molar-refractivity contribution < 1.29 is 4.74 Å². The third kappa shape index (κ3) is 3.75. The van der Waals surface area contributed by atoms with Crippen LogP contribution in [0.1, 0.15) is 38.8 Å². The molecular weight excluding hydrogens is 260 g/mol. The Morgan fingerprint density at radius 3 is 2.52 bits per heavy atom. The van der Waals surface area contributed by atoms with Gasteiger partial charge in [0.25, 0.3) is 0 Å². The molecule has 0 bridgehead atoms.